The van der Waals surface area contributed by atoms with E-state index < -0.39 is 0 Å². The Morgan fingerprint density at radius 1 is 1.32 bits per heavy atom. The Morgan fingerprint density at radius 2 is 2.11 bits per heavy atom. The third kappa shape index (κ3) is 3.29. The second-order valence-electron chi connectivity index (χ2n) is 4.85. The zero-order valence-corrected chi connectivity index (χ0v) is 12.2. The predicted octanol–water partition coefficient (Wildman–Crippen LogP) is 4.35. The van der Waals surface area contributed by atoms with Gasteiger partial charge in [0.25, 0.3) is 0 Å². The van der Waals surface area contributed by atoms with Crippen LogP contribution in [0.1, 0.15) is 37.6 Å². The molecule has 3 N–H and O–H groups in total. The number of hydrogen-bond donors (Lipinski definition) is 2. The molecule has 0 radical (unpaired) electrons. The number of hydrogen-bond acceptors (Lipinski definition) is 2. The Bertz CT molecular complexity index is 561. The summed E-state index contributed by atoms with van der Waals surface area (Å²) >= 11 is 6.20. The Balaban J connectivity index is 2.26. The molecule has 0 unspecified atom stereocenters. The highest BCUT2D eigenvalue weighted by Crippen LogP contribution is 2.28. The van der Waals surface area contributed by atoms with Crippen molar-refractivity contribution < 1.29 is 0 Å². The van der Waals surface area contributed by atoms with Gasteiger partial charge in [-0.15, -0.1) is 0 Å². The van der Waals surface area contributed by atoms with Crippen LogP contribution in [0.15, 0.2) is 18.2 Å². The van der Waals surface area contributed by atoms with E-state index in [0.29, 0.717) is 10.7 Å². The van der Waals surface area contributed by atoms with E-state index in [1.165, 1.54) is 25.0 Å². The average molecular weight is 278 g/mol. The second-order valence-corrected chi connectivity index (χ2v) is 5.25. The third-order valence-corrected chi connectivity index (χ3v) is 3.59. The molecule has 102 valence electrons. The van der Waals surface area contributed by atoms with E-state index in [0.717, 1.165) is 23.5 Å². The molecule has 0 aliphatic carbocycles. The van der Waals surface area contributed by atoms with E-state index in [9.17, 15) is 0 Å². The number of nitrogen functional groups attached to an aromatic ring is 1. The van der Waals surface area contributed by atoms with Crippen molar-refractivity contribution >= 4 is 17.3 Å². The normalized spacial score (nSPS) is 10.9. The standard InChI is InChI=1S/C15H20ClN3/c1-3-4-5-6-14-10(2)18-15(19-14)12-9-11(17)7-8-13(12)16/h7-9H,3-6,17H2,1-2H3,(H,18,19). The van der Waals surface area contributed by atoms with Crippen LogP contribution < -0.4 is 5.73 Å². The molecule has 0 saturated heterocycles. The van der Waals surface area contributed by atoms with Gasteiger partial charge in [-0.3, -0.25) is 0 Å². The first kappa shape index (κ1) is 13.9. The molecule has 19 heavy (non-hydrogen) atoms. The van der Waals surface area contributed by atoms with Gasteiger partial charge in [0.2, 0.25) is 0 Å². The van der Waals surface area contributed by atoms with Gasteiger partial charge >= 0.3 is 0 Å². The minimum atomic E-state index is 0.669. The topological polar surface area (TPSA) is 54.7 Å². The largest absolute Gasteiger partial charge is 0.399 e. The van der Waals surface area contributed by atoms with Gasteiger partial charge in [0.05, 0.1) is 10.7 Å². The average Bonchev–Trinajstić information content (AvgIpc) is 2.74. The molecule has 4 heteroatoms. The van der Waals surface area contributed by atoms with Crippen LogP contribution in [0.25, 0.3) is 11.4 Å². The summed E-state index contributed by atoms with van der Waals surface area (Å²) < 4.78 is 0. The zero-order valence-electron chi connectivity index (χ0n) is 11.5. The number of nitrogens with two attached hydrogens (primary N) is 1. The Labute approximate surface area is 119 Å². The number of nitrogens with one attached hydrogen (secondary N) is 1. The molecular formula is C15H20ClN3. The van der Waals surface area contributed by atoms with E-state index in [1.54, 1.807) is 12.1 Å². The fourth-order valence-electron chi connectivity index (χ4n) is 2.14. The Hall–Kier alpha value is -1.48. The van der Waals surface area contributed by atoms with E-state index in [1.807, 2.05) is 13.0 Å². The maximum Gasteiger partial charge on any atom is 0.139 e. The summed E-state index contributed by atoms with van der Waals surface area (Å²) in [5.41, 5.74) is 9.61. The third-order valence-electron chi connectivity index (χ3n) is 3.26. The number of benzene rings is 1. The first-order valence-corrected chi connectivity index (χ1v) is 7.10. The number of anilines is 1. The summed E-state index contributed by atoms with van der Waals surface area (Å²) in [5.74, 6) is 0.807. The molecule has 0 bridgehead atoms. The lowest BCUT2D eigenvalue weighted by atomic mass is 10.1. The summed E-state index contributed by atoms with van der Waals surface area (Å²) in [7, 11) is 0. The smallest absolute Gasteiger partial charge is 0.139 e. The van der Waals surface area contributed by atoms with E-state index in [-0.39, 0.29) is 0 Å². The second kappa shape index (κ2) is 6.11. The van der Waals surface area contributed by atoms with Crippen molar-refractivity contribution in [2.24, 2.45) is 0 Å². The van der Waals surface area contributed by atoms with E-state index >= 15 is 0 Å². The van der Waals surface area contributed by atoms with Crippen LogP contribution in [0, 0.1) is 6.92 Å². The molecule has 0 spiro atoms. The first-order valence-electron chi connectivity index (χ1n) is 6.72. The van der Waals surface area contributed by atoms with Gasteiger partial charge in [0, 0.05) is 16.9 Å². The molecule has 1 heterocycles. The van der Waals surface area contributed by atoms with Crippen LogP contribution in [-0.2, 0) is 6.42 Å². The molecule has 2 aromatic rings. The fourth-order valence-corrected chi connectivity index (χ4v) is 2.35. The first-order chi connectivity index (χ1) is 9.11. The van der Waals surface area contributed by atoms with Gasteiger partial charge in [-0.1, -0.05) is 31.4 Å². The Morgan fingerprint density at radius 3 is 2.84 bits per heavy atom. The molecule has 2 rings (SSSR count). The van der Waals surface area contributed by atoms with Crippen molar-refractivity contribution in [2.45, 2.75) is 39.5 Å². The quantitative estimate of drug-likeness (QED) is 0.630. The lowest BCUT2D eigenvalue weighted by molar-refractivity contribution is 0.707. The monoisotopic (exact) mass is 277 g/mol. The minimum absolute atomic E-state index is 0.669. The van der Waals surface area contributed by atoms with Crippen LogP contribution in [0.4, 0.5) is 5.69 Å². The minimum Gasteiger partial charge on any atom is -0.399 e. The molecule has 0 amide bonds. The molecule has 0 atom stereocenters. The van der Waals surface area contributed by atoms with Crippen molar-refractivity contribution in [2.75, 3.05) is 5.73 Å². The number of aryl methyl sites for hydroxylation is 2. The summed E-state index contributed by atoms with van der Waals surface area (Å²) in [6.45, 7) is 4.24. The van der Waals surface area contributed by atoms with Crippen molar-refractivity contribution in [3.63, 3.8) is 0 Å². The van der Waals surface area contributed by atoms with Crippen LogP contribution in [-0.4, -0.2) is 9.97 Å². The van der Waals surface area contributed by atoms with E-state index in [4.69, 9.17) is 17.3 Å². The van der Waals surface area contributed by atoms with Crippen molar-refractivity contribution in [3.8, 4) is 11.4 Å². The van der Waals surface area contributed by atoms with Crippen molar-refractivity contribution in [1.29, 1.82) is 0 Å². The maximum absolute atomic E-state index is 6.20. The van der Waals surface area contributed by atoms with Gasteiger partial charge < -0.3 is 10.7 Å². The summed E-state index contributed by atoms with van der Waals surface area (Å²) in [5, 5.41) is 0.669. The molecule has 1 aromatic heterocycles. The van der Waals surface area contributed by atoms with Gasteiger partial charge in [-0.25, -0.2) is 4.98 Å². The SMILES string of the molecule is CCCCCc1[nH]c(-c2cc(N)ccc2Cl)nc1C. The van der Waals surface area contributed by atoms with Crippen LogP contribution in [0.2, 0.25) is 5.02 Å². The van der Waals surface area contributed by atoms with Gasteiger partial charge in [0.1, 0.15) is 5.82 Å². The summed E-state index contributed by atoms with van der Waals surface area (Å²) in [6, 6.07) is 5.46. The molecule has 1 aromatic carbocycles. The van der Waals surface area contributed by atoms with Crippen molar-refractivity contribution in [1.82, 2.24) is 9.97 Å². The lowest BCUT2D eigenvalue weighted by Crippen LogP contribution is -1.89. The highest BCUT2D eigenvalue weighted by atomic mass is 35.5. The molecule has 0 saturated carbocycles. The van der Waals surface area contributed by atoms with Crippen LogP contribution >= 0.6 is 11.6 Å². The number of unbranched alkanes of at least 4 members (excludes halogenated alkanes) is 2. The van der Waals surface area contributed by atoms with Crippen LogP contribution in [0.3, 0.4) is 0 Å². The van der Waals surface area contributed by atoms with Gasteiger partial charge in [-0.05, 0) is 38.0 Å². The molecule has 0 aliphatic heterocycles. The lowest BCUT2D eigenvalue weighted by Gasteiger charge is -2.02. The number of aromatic nitrogens is 2. The Kier molecular flexibility index (Phi) is 4.48. The van der Waals surface area contributed by atoms with Crippen LogP contribution in [0.5, 0.6) is 0 Å². The fraction of sp³-hybridized carbons (Fsp3) is 0.400. The maximum atomic E-state index is 6.20. The number of aromatic amines is 1. The molecule has 0 aliphatic rings. The summed E-state index contributed by atoms with van der Waals surface area (Å²) in [6.07, 6.45) is 4.68. The number of H-pyrrole nitrogens is 1. The number of nitrogens with zero attached hydrogens (tertiary/aromatic N) is 1. The van der Waals surface area contributed by atoms with Gasteiger partial charge in [-0.2, -0.15) is 0 Å². The van der Waals surface area contributed by atoms with E-state index in [2.05, 4.69) is 16.9 Å². The zero-order chi connectivity index (χ0) is 13.8. The highest BCUT2D eigenvalue weighted by molar-refractivity contribution is 6.33. The molecule has 0 fully saturated rings. The molecular weight excluding hydrogens is 258 g/mol. The predicted molar refractivity (Wildman–Crippen MR) is 81.4 cm³/mol. The number of rotatable bonds is 5. The number of imidazole rings is 1. The highest BCUT2D eigenvalue weighted by Gasteiger charge is 2.11. The van der Waals surface area contributed by atoms with Crippen molar-refractivity contribution in [3.05, 3.63) is 34.6 Å². The number of halogens is 1. The van der Waals surface area contributed by atoms with Gasteiger partial charge in [0.15, 0.2) is 0 Å². The summed E-state index contributed by atoms with van der Waals surface area (Å²) in [4.78, 5) is 7.94. The molecule has 3 nitrogen and oxygen atoms in total.